The zero-order valence-electron chi connectivity index (χ0n) is 14.4. The molecule has 0 saturated carbocycles. The molecule has 2 amide bonds. The molecule has 0 unspecified atom stereocenters. The quantitative estimate of drug-likeness (QED) is 0.662. The first-order valence-corrected chi connectivity index (χ1v) is 9.25. The lowest BCUT2D eigenvalue weighted by Crippen LogP contribution is -2.25. The Morgan fingerprint density at radius 1 is 1.04 bits per heavy atom. The molecule has 0 spiro atoms. The van der Waals surface area contributed by atoms with Crippen molar-refractivity contribution in [3.8, 4) is 0 Å². The highest BCUT2D eigenvalue weighted by Crippen LogP contribution is 2.11. The van der Waals surface area contributed by atoms with Gasteiger partial charge < -0.3 is 10.6 Å². The number of nitrogens with one attached hydrogen (secondary N) is 2. The number of nitrogens with zero attached hydrogens (tertiary/aromatic N) is 3. The first-order valence-electron chi connectivity index (χ1n) is 8.05. The van der Waals surface area contributed by atoms with Crippen molar-refractivity contribution in [3.05, 3.63) is 74.7 Å². The van der Waals surface area contributed by atoms with Gasteiger partial charge in [0, 0.05) is 21.7 Å². The van der Waals surface area contributed by atoms with Crippen molar-refractivity contribution in [2.75, 3.05) is 0 Å². The van der Waals surface area contributed by atoms with Crippen molar-refractivity contribution >= 4 is 34.8 Å². The van der Waals surface area contributed by atoms with Gasteiger partial charge in [0.25, 0.3) is 11.8 Å². The third-order valence-electron chi connectivity index (χ3n) is 3.55. The molecule has 0 aliphatic carbocycles. The zero-order chi connectivity index (χ0) is 19.2. The van der Waals surface area contributed by atoms with Gasteiger partial charge in [-0.05, 0) is 25.1 Å². The standard InChI is InChI=1S/C18H16ClN5O2S/c1-11-20-8-15(27-11)9-24-18(26)16-10-21-14(6-22-16)7-23-17(25)12-3-2-4-13(19)5-12/h2-6,8,10H,7,9H2,1H3,(H,23,25)(H,24,26). The van der Waals surface area contributed by atoms with Crippen LogP contribution in [0.3, 0.4) is 0 Å². The van der Waals surface area contributed by atoms with Gasteiger partial charge in [-0.25, -0.2) is 9.97 Å². The van der Waals surface area contributed by atoms with E-state index in [0.717, 1.165) is 9.88 Å². The predicted octanol–water partition coefficient (Wildman–Crippen LogP) is 2.75. The minimum absolute atomic E-state index is 0.195. The van der Waals surface area contributed by atoms with Gasteiger partial charge in [0.2, 0.25) is 0 Å². The van der Waals surface area contributed by atoms with Crippen LogP contribution in [-0.2, 0) is 13.1 Å². The molecule has 9 heteroatoms. The third-order valence-corrected chi connectivity index (χ3v) is 4.69. The molecule has 3 aromatic rings. The van der Waals surface area contributed by atoms with Crippen LogP contribution in [0.1, 0.15) is 36.4 Å². The molecule has 2 aromatic heterocycles. The van der Waals surface area contributed by atoms with E-state index < -0.39 is 0 Å². The molecule has 3 rings (SSSR count). The molecule has 2 N–H and O–H groups in total. The van der Waals surface area contributed by atoms with Gasteiger partial charge in [-0.3, -0.25) is 14.6 Å². The lowest BCUT2D eigenvalue weighted by atomic mass is 10.2. The first-order chi connectivity index (χ1) is 13.0. The van der Waals surface area contributed by atoms with E-state index in [1.54, 1.807) is 30.5 Å². The monoisotopic (exact) mass is 401 g/mol. The van der Waals surface area contributed by atoms with Crippen molar-refractivity contribution in [3.63, 3.8) is 0 Å². The normalized spacial score (nSPS) is 10.4. The Morgan fingerprint density at radius 3 is 2.52 bits per heavy atom. The summed E-state index contributed by atoms with van der Waals surface area (Å²) in [6, 6.07) is 6.66. The summed E-state index contributed by atoms with van der Waals surface area (Å²) in [5.74, 6) is -0.580. The van der Waals surface area contributed by atoms with Crippen LogP contribution < -0.4 is 10.6 Å². The fourth-order valence-electron chi connectivity index (χ4n) is 2.21. The van der Waals surface area contributed by atoms with E-state index in [9.17, 15) is 9.59 Å². The Kier molecular flexibility index (Phi) is 6.10. The number of thiazole rings is 1. The van der Waals surface area contributed by atoms with Crippen molar-refractivity contribution in [2.45, 2.75) is 20.0 Å². The summed E-state index contributed by atoms with van der Waals surface area (Å²) in [6.45, 7) is 2.50. The second-order valence-corrected chi connectivity index (χ2v) is 7.37. The number of aryl methyl sites for hydroxylation is 1. The van der Waals surface area contributed by atoms with Crippen molar-refractivity contribution in [1.82, 2.24) is 25.6 Å². The van der Waals surface area contributed by atoms with Crippen LogP contribution in [0.15, 0.2) is 42.9 Å². The Labute approximate surface area is 164 Å². The summed E-state index contributed by atoms with van der Waals surface area (Å²) in [5.41, 5.74) is 1.21. The van der Waals surface area contributed by atoms with E-state index in [1.165, 1.54) is 23.7 Å². The zero-order valence-corrected chi connectivity index (χ0v) is 16.0. The summed E-state index contributed by atoms with van der Waals surface area (Å²) in [6.07, 6.45) is 4.58. The highest BCUT2D eigenvalue weighted by atomic mass is 35.5. The predicted molar refractivity (Wildman–Crippen MR) is 103 cm³/mol. The van der Waals surface area contributed by atoms with E-state index in [2.05, 4.69) is 25.6 Å². The maximum atomic E-state index is 12.1. The van der Waals surface area contributed by atoms with Gasteiger partial charge in [0.15, 0.2) is 0 Å². The second-order valence-electron chi connectivity index (χ2n) is 5.61. The van der Waals surface area contributed by atoms with Gasteiger partial charge in [-0.2, -0.15) is 0 Å². The molecule has 2 heterocycles. The number of rotatable bonds is 6. The number of aromatic nitrogens is 3. The summed E-state index contributed by atoms with van der Waals surface area (Å²) in [5, 5.41) is 6.95. The summed E-state index contributed by atoms with van der Waals surface area (Å²) >= 11 is 7.40. The molecule has 27 heavy (non-hydrogen) atoms. The fraction of sp³-hybridized carbons (Fsp3) is 0.167. The number of carbonyl (C=O) groups excluding carboxylic acids is 2. The molecule has 0 fully saturated rings. The molecule has 0 radical (unpaired) electrons. The highest BCUT2D eigenvalue weighted by molar-refractivity contribution is 7.11. The third kappa shape index (κ3) is 5.32. The van der Waals surface area contributed by atoms with Crippen molar-refractivity contribution in [1.29, 1.82) is 0 Å². The Balaban J connectivity index is 1.52. The Hall–Kier alpha value is -2.84. The van der Waals surface area contributed by atoms with Gasteiger partial charge in [-0.15, -0.1) is 11.3 Å². The van der Waals surface area contributed by atoms with E-state index in [4.69, 9.17) is 11.6 Å². The van der Waals surface area contributed by atoms with Gasteiger partial charge >= 0.3 is 0 Å². The van der Waals surface area contributed by atoms with E-state index in [-0.39, 0.29) is 24.1 Å². The largest absolute Gasteiger partial charge is 0.346 e. The SMILES string of the molecule is Cc1ncc(CNC(=O)c2cnc(CNC(=O)c3cccc(Cl)c3)cn2)s1. The molecule has 0 saturated heterocycles. The molecule has 0 bridgehead atoms. The van der Waals surface area contributed by atoms with Crippen LogP contribution in [0.4, 0.5) is 0 Å². The van der Waals surface area contributed by atoms with Gasteiger partial charge in [-0.1, -0.05) is 17.7 Å². The summed E-state index contributed by atoms with van der Waals surface area (Å²) in [7, 11) is 0. The number of hydrogen-bond donors (Lipinski definition) is 2. The maximum Gasteiger partial charge on any atom is 0.271 e. The number of benzene rings is 1. The number of hydrogen-bond acceptors (Lipinski definition) is 6. The van der Waals surface area contributed by atoms with E-state index in [1.807, 2.05) is 6.92 Å². The molecule has 7 nitrogen and oxygen atoms in total. The average Bonchev–Trinajstić information content (AvgIpc) is 3.10. The lowest BCUT2D eigenvalue weighted by Gasteiger charge is -2.06. The van der Waals surface area contributed by atoms with Crippen LogP contribution in [0, 0.1) is 6.92 Å². The Bertz CT molecular complexity index is 958. The molecule has 138 valence electrons. The Morgan fingerprint density at radius 2 is 1.85 bits per heavy atom. The smallest absolute Gasteiger partial charge is 0.271 e. The number of carbonyl (C=O) groups is 2. The van der Waals surface area contributed by atoms with Crippen LogP contribution in [0.5, 0.6) is 0 Å². The maximum absolute atomic E-state index is 12.1. The molecule has 0 aliphatic rings. The first kappa shape index (κ1) is 18.9. The number of halogens is 1. The molecular formula is C18H16ClN5O2S. The minimum Gasteiger partial charge on any atom is -0.346 e. The fourth-order valence-corrected chi connectivity index (χ4v) is 3.14. The summed E-state index contributed by atoms with van der Waals surface area (Å²) < 4.78 is 0. The van der Waals surface area contributed by atoms with Gasteiger partial charge in [0.1, 0.15) is 5.69 Å². The van der Waals surface area contributed by atoms with Crippen molar-refractivity contribution in [2.24, 2.45) is 0 Å². The van der Waals surface area contributed by atoms with Gasteiger partial charge in [0.05, 0.1) is 36.2 Å². The highest BCUT2D eigenvalue weighted by Gasteiger charge is 2.10. The van der Waals surface area contributed by atoms with Crippen molar-refractivity contribution < 1.29 is 9.59 Å². The number of amides is 2. The lowest BCUT2D eigenvalue weighted by molar-refractivity contribution is 0.0938. The summed E-state index contributed by atoms with van der Waals surface area (Å²) in [4.78, 5) is 37.6. The van der Waals surface area contributed by atoms with E-state index >= 15 is 0 Å². The van der Waals surface area contributed by atoms with Crippen LogP contribution >= 0.6 is 22.9 Å². The molecular weight excluding hydrogens is 386 g/mol. The van der Waals surface area contributed by atoms with Crippen LogP contribution in [0.25, 0.3) is 0 Å². The second kappa shape index (κ2) is 8.70. The van der Waals surface area contributed by atoms with E-state index in [0.29, 0.717) is 22.8 Å². The van der Waals surface area contributed by atoms with Crippen LogP contribution in [0.2, 0.25) is 5.02 Å². The molecule has 0 atom stereocenters. The van der Waals surface area contributed by atoms with Crippen LogP contribution in [-0.4, -0.2) is 26.8 Å². The molecule has 1 aromatic carbocycles. The minimum atomic E-state index is -0.317. The average molecular weight is 402 g/mol. The topological polar surface area (TPSA) is 96.9 Å². The molecule has 0 aliphatic heterocycles.